The Bertz CT molecular complexity index is 509. The van der Waals surface area contributed by atoms with E-state index in [1.807, 2.05) is 18.2 Å². The minimum Gasteiger partial charge on any atom is -0.354 e. The van der Waals surface area contributed by atoms with E-state index in [2.05, 4.69) is 41.4 Å². The van der Waals surface area contributed by atoms with Gasteiger partial charge in [-0.1, -0.05) is 23.7 Å². The Kier molecular flexibility index (Phi) is 4.18. The molecule has 1 aromatic heterocycles. The third kappa shape index (κ3) is 3.72. The van der Waals surface area contributed by atoms with Crippen LogP contribution in [0.4, 0.5) is 11.4 Å². The highest BCUT2D eigenvalue weighted by molar-refractivity contribution is 6.29. The van der Waals surface area contributed by atoms with Crippen molar-refractivity contribution < 1.29 is 0 Å². The number of rotatable bonds is 4. The number of nitrogens with one attached hydrogen (secondary N) is 1. The molecule has 0 saturated heterocycles. The van der Waals surface area contributed by atoms with E-state index >= 15 is 0 Å². The van der Waals surface area contributed by atoms with Gasteiger partial charge in [-0.05, 0) is 43.9 Å². The van der Waals surface area contributed by atoms with Crippen molar-refractivity contribution in [2.75, 3.05) is 19.4 Å². The zero-order valence-corrected chi connectivity index (χ0v) is 11.3. The zero-order chi connectivity index (χ0) is 13.0. The molecule has 1 heterocycles. The molecule has 18 heavy (non-hydrogen) atoms. The third-order valence-corrected chi connectivity index (χ3v) is 2.67. The lowest BCUT2D eigenvalue weighted by atomic mass is 10.2. The van der Waals surface area contributed by atoms with E-state index in [0.717, 1.165) is 17.9 Å². The minimum absolute atomic E-state index is 0.502. The first-order valence-electron chi connectivity index (χ1n) is 5.76. The molecule has 0 radical (unpaired) electrons. The molecule has 0 fully saturated rings. The number of pyridine rings is 1. The Hall–Kier alpha value is -1.58. The summed E-state index contributed by atoms with van der Waals surface area (Å²) in [4.78, 5) is 6.18. The van der Waals surface area contributed by atoms with Crippen LogP contribution in [0.1, 0.15) is 5.56 Å². The average Bonchev–Trinajstić information content (AvgIpc) is 2.32. The van der Waals surface area contributed by atoms with Crippen LogP contribution in [-0.2, 0) is 6.54 Å². The summed E-state index contributed by atoms with van der Waals surface area (Å²) in [5.74, 6) is 0. The van der Waals surface area contributed by atoms with Gasteiger partial charge >= 0.3 is 0 Å². The molecule has 0 aliphatic rings. The van der Waals surface area contributed by atoms with Crippen LogP contribution < -0.4 is 5.32 Å². The monoisotopic (exact) mass is 261 g/mol. The molecule has 4 heteroatoms. The molecule has 1 aromatic carbocycles. The molecule has 0 atom stereocenters. The normalized spacial score (nSPS) is 10.7. The van der Waals surface area contributed by atoms with Crippen LogP contribution in [0.15, 0.2) is 42.6 Å². The molecule has 1 N–H and O–H groups in total. The first-order valence-corrected chi connectivity index (χ1v) is 6.13. The second-order valence-electron chi connectivity index (χ2n) is 4.43. The second kappa shape index (κ2) is 5.85. The van der Waals surface area contributed by atoms with Gasteiger partial charge in [-0.15, -0.1) is 0 Å². The summed E-state index contributed by atoms with van der Waals surface area (Å²) in [6.07, 6.45) is 1.72. The summed E-state index contributed by atoms with van der Waals surface area (Å²) >= 11 is 5.75. The molecule has 2 rings (SSSR count). The Morgan fingerprint density at radius 2 is 2.00 bits per heavy atom. The van der Waals surface area contributed by atoms with Gasteiger partial charge in [0.15, 0.2) is 0 Å². The van der Waals surface area contributed by atoms with Crippen LogP contribution in [0.2, 0.25) is 5.15 Å². The predicted octanol–water partition coefficient (Wildman–Crippen LogP) is 3.54. The molecule has 0 amide bonds. The van der Waals surface area contributed by atoms with Gasteiger partial charge in [-0.3, -0.25) is 0 Å². The number of benzene rings is 1. The smallest absolute Gasteiger partial charge is 0.129 e. The molecular formula is C14H16ClN3. The molecule has 0 aliphatic heterocycles. The van der Waals surface area contributed by atoms with Gasteiger partial charge in [0.25, 0.3) is 0 Å². The highest BCUT2D eigenvalue weighted by Crippen LogP contribution is 2.18. The van der Waals surface area contributed by atoms with Crippen LogP contribution in [0.25, 0.3) is 0 Å². The quantitative estimate of drug-likeness (QED) is 0.854. The van der Waals surface area contributed by atoms with Gasteiger partial charge in [-0.25, -0.2) is 4.98 Å². The molecule has 0 aliphatic carbocycles. The summed E-state index contributed by atoms with van der Waals surface area (Å²) in [6, 6.07) is 12.0. The maximum atomic E-state index is 5.75. The topological polar surface area (TPSA) is 28.2 Å². The first-order chi connectivity index (χ1) is 8.63. The lowest BCUT2D eigenvalue weighted by Crippen LogP contribution is -2.10. The van der Waals surface area contributed by atoms with Crippen molar-refractivity contribution in [1.82, 2.24) is 9.88 Å². The van der Waals surface area contributed by atoms with Crippen LogP contribution in [0.5, 0.6) is 0 Å². The number of aromatic nitrogens is 1. The molecule has 2 aromatic rings. The zero-order valence-electron chi connectivity index (χ0n) is 10.5. The van der Waals surface area contributed by atoms with Gasteiger partial charge in [0.1, 0.15) is 5.15 Å². The van der Waals surface area contributed by atoms with Gasteiger partial charge in [0.05, 0.1) is 11.9 Å². The summed E-state index contributed by atoms with van der Waals surface area (Å²) in [7, 11) is 4.12. The molecule has 0 unspecified atom stereocenters. The van der Waals surface area contributed by atoms with Crippen LogP contribution in [-0.4, -0.2) is 24.0 Å². The molecule has 0 spiro atoms. The van der Waals surface area contributed by atoms with E-state index in [9.17, 15) is 0 Å². The van der Waals surface area contributed by atoms with Crippen LogP contribution in [0.3, 0.4) is 0 Å². The van der Waals surface area contributed by atoms with Gasteiger partial charge in [-0.2, -0.15) is 0 Å². The van der Waals surface area contributed by atoms with Crippen LogP contribution >= 0.6 is 11.6 Å². The standard InChI is InChI=1S/C14H16ClN3/c1-18(2)10-11-4-3-5-12(8-11)17-13-6-7-14(15)16-9-13/h3-9,17H,10H2,1-2H3. The van der Waals surface area contributed by atoms with Crippen molar-refractivity contribution in [3.63, 3.8) is 0 Å². The SMILES string of the molecule is CN(C)Cc1cccc(Nc2ccc(Cl)nc2)c1. The number of nitrogens with zero attached hydrogens (tertiary/aromatic N) is 2. The third-order valence-electron chi connectivity index (χ3n) is 2.44. The summed E-state index contributed by atoms with van der Waals surface area (Å²) in [5, 5.41) is 3.81. The number of anilines is 2. The predicted molar refractivity (Wildman–Crippen MR) is 76.4 cm³/mol. The molecule has 94 valence electrons. The number of halogens is 1. The number of hydrogen-bond acceptors (Lipinski definition) is 3. The van der Waals surface area contributed by atoms with E-state index in [4.69, 9.17) is 11.6 Å². The van der Waals surface area contributed by atoms with E-state index in [-0.39, 0.29) is 0 Å². The van der Waals surface area contributed by atoms with Crippen molar-refractivity contribution in [2.24, 2.45) is 0 Å². The maximum Gasteiger partial charge on any atom is 0.129 e. The molecule has 0 saturated carbocycles. The lowest BCUT2D eigenvalue weighted by molar-refractivity contribution is 0.402. The fourth-order valence-corrected chi connectivity index (χ4v) is 1.84. The van der Waals surface area contributed by atoms with Crippen molar-refractivity contribution in [2.45, 2.75) is 6.54 Å². The first kappa shape index (κ1) is 12.9. The van der Waals surface area contributed by atoms with Gasteiger partial charge in [0, 0.05) is 12.2 Å². The van der Waals surface area contributed by atoms with Gasteiger partial charge < -0.3 is 10.2 Å². The largest absolute Gasteiger partial charge is 0.354 e. The Morgan fingerprint density at radius 3 is 2.67 bits per heavy atom. The van der Waals surface area contributed by atoms with E-state index < -0.39 is 0 Å². The average molecular weight is 262 g/mol. The van der Waals surface area contributed by atoms with E-state index in [1.165, 1.54) is 5.56 Å². The highest BCUT2D eigenvalue weighted by Gasteiger charge is 1.99. The van der Waals surface area contributed by atoms with Crippen molar-refractivity contribution in [3.8, 4) is 0 Å². The molecular weight excluding hydrogens is 246 g/mol. The van der Waals surface area contributed by atoms with E-state index in [1.54, 1.807) is 12.3 Å². The Labute approximate surface area is 112 Å². The second-order valence-corrected chi connectivity index (χ2v) is 4.82. The van der Waals surface area contributed by atoms with Crippen molar-refractivity contribution in [1.29, 1.82) is 0 Å². The van der Waals surface area contributed by atoms with E-state index in [0.29, 0.717) is 5.15 Å². The Morgan fingerprint density at radius 1 is 1.17 bits per heavy atom. The molecule has 3 nitrogen and oxygen atoms in total. The maximum absolute atomic E-state index is 5.75. The highest BCUT2D eigenvalue weighted by atomic mass is 35.5. The van der Waals surface area contributed by atoms with Crippen molar-refractivity contribution >= 4 is 23.0 Å². The Balaban J connectivity index is 2.11. The summed E-state index contributed by atoms with van der Waals surface area (Å²) in [5.41, 5.74) is 3.26. The molecule has 0 bridgehead atoms. The van der Waals surface area contributed by atoms with Crippen molar-refractivity contribution in [3.05, 3.63) is 53.3 Å². The van der Waals surface area contributed by atoms with Gasteiger partial charge in [0.2, 0.25) is 0 Å². The number of hydrogen-bond donors (Lipinski definition) is 1. The lowest BCUT2D eigenvalue weighted by Gasteiger charge is -2.12. The minimum atomic E-state index is 0.502. The van der Waals surface area contributed by atoms with Crippen LogP contribution in [0, 0.1) is 0 Å². The summed E-state index contributed by atoms with van der Waals surface area (Å²) in [6.45, 7) is 0.925. The summed E-state index contributed by atoms with van der Waals surface area (Å²) < 4.78 is 0. The fourth-order valence-electron chi connectivity index (χ4n) is 1.73. The fraction of sp³-hybridized carbons (Fsp3) is 0.214.